The Morgan fingerprint density at radius 3 is 2.29 bits per heavy atom. The molecule has 9 nitrogen and oxygen atoms in total. The summed E-state index contributed by atoms with van der Waals surface area (Å²) in [5.41, 5.74) is 2.01. The van der Waals surface area contributed by atoms with E-state index in [4.69, 9.17) is 14.7 Å². The van der Waals surface area contributed by atoms with Gasteiger partial charge in [-0.25, -0.2) is 8.42 Å². The summed E-state index contributed by atoms with van der Waals surface area (Å²) in [4.78, 5) is 14.7. The van der Waals surface area contributed by atoms with E-state index in [2.05, 4.69) is 10.0 Å². The number of carbonyl (C=O) groups is 1. The summed E-state index contributed by atoms with van der Waals surface area (Å²) < 4.78 is 40.1. The molecule has 3 aromatic rings. The molecule has 2 N–H and O–H groups in total. The maximum absolute atomic E-state index is 13.5. The van der Waals surface area contributed by atoms with Gasteiger partial charge in [-0.2, -0.15) is 5.26 Å². The predicted octanol–water partition coefficient (Wildman–Crippen LogP) is 3.46. The summed E-state index contributed by atoms with van der Waals surface area (Å²) in [6, 6.07) is 19.5. The molecule has 10 heteroatoms. The summed E-state index contributed by atoms with van der Waals surface area (Å²) in [7, 11) is -2.47. The van der Waals surface area contributed by atoms with Crippen LogP contribution in [0.15, 0.2) is 71.6 Å². The highest BCUT2D eigenvalue weighted by Gasteiger charge is 2.25. The van der Waals surface area contributed by atoms with Gasteiger partial charge in [-0.05, 0) is 66.7 Å². The average molecular weight is 493 g/mol. The number of carbonyl (C=O) groups excluding carboxylic acids is 1. The number of hydrogen-bond donors (Lipinski definition) is 2. The highest BCUT2D eigenvalue weighted by molar-refractivity contribution is 7.92. The van der Waals surface area contributed by atoms with E-state index < -0.39 is 15.9 Å². The number of anilines is 3. The standard InChI is InChI=1S/C25H24N4O5S/c1-33-22-9-6-20(7-10-22)28-35(31,32)24-16-21(8-11-23(24)29-12-14-34-15-13-29)27-25(30)19-4-2-18(17-26)3-5-19/h2-11,16,28H,12-15H2,1H3,(H,27,30). The quantitative estimate of drug-likeness (QED) is 0.518. The first-order valence-electron chi connectivity index (χ1n) is 10.8. The fourth-order valence-electron chi connectivity index (χ4n) is 3.64. The molecule has 1 aliphatic rings. The largest absolute Gasteiger partial charge is 0.497 e. The Hall–Kier alpha value is -4.07. The number of hydrogen-bond acceptors (Lipinski definition) is 7. The van der Waals surface area contributed by atoms with Gasteiger partial charge in [0.2, 0.25) is 0 Å². The molecule has 0 unspecified atom stereocenters. The lowest BCUT2D eigenvalue weighted by atomic mass is 10.1. The van der Waals surface area contributed by atoms with Gasteiger partial charge in [-0.1, -0.05) is 0 Å². The second-order valence-corrected chi connectivity index (χ2v) is 9.41. The number of ether oxygens (including phenoxy) is 2. The van der Waals surface area contributed by atoms with Gasteiger partial charge in [-0.15, -0.1) is 0 Å². The lowest BCUT2D eigenvalue weighted by Gasteiger charge is -2.30. The number of methoxy groups -OCH3 is 1. The van der Waals surface area contributed by atoms with Crippen molar-refractivity contribution in [2.75, 3.05) is 48.4 Å². The zero-order valence-electron chi connectivity index (χ0n) is 19.0. The van der Waals surface area contributed by atoms with Crippen LogP contribution in [0.2, 0.25) is 0 Å². The van der Waals surface area contributed by atoms with E-state index >= 15 is 0 Å². The molecule has 0 saturated carbocycles. The summed E-state index contributed by atoms with van der Waals surface area (Å²) in [6.07, 6.45) is 0. The van der Waals surface area contributed by atoms with E-state index in [1.165, 1.54) is 13.2 Å². The Morgan fingerprint density at radius 2 is 1.66 bits per heavy atom. The maximum atomic E-state index is 13.5. The third-order valence-corrected chi connectivity index (χ3v) is 6.89. The van der Waals surface area contributed by atoms with Crippen LogP contribution in [0.4, 0.5) is 17.1 Å². The van der Waals surface area contributed by atoms with Gasteiger partial charge in [0.05, 0.1) is 37.6 Å². The molecular formula is C25H24N4O5S. The summed E-state index contributed by atoms with van der Waals surface area (Å²) in [6.45, 7) is 2.06. The van der Waals surface area contributed by atoms with Gasteiger partial charge in [0.15, 0.2) is 0 Å². The normalized spacial score (nSPS) is 13.5. The molecule has 1 heterocycles. The second-order valence-electron chi connectivity index (χ2n) is 7.76. The van der Waals surface area contributed by atoms with E-state index in [1.807, 2.05) is 11.0 Å². The van der Waals surface area contributed by atoms with Gasteiger partial charge in [0.1, 0.15) is 10.6 Å². The van der Waals surface area contributed by atoms with Gasteiger partial charge < -0.3 is 19.7 Å². The third-order valence-electron chi connectivity index (χ3n) is 5.48. The Balaban J connectivity index is 1.65. The molecular weight excluding hydrogens is 468 g/mol. The topological polar surface area (TPSA) is 121 Å². The van der Waals surface area contributed by atoms with Crippen molar-refractivity contribution < 1.29 is 22.7 Å². The summed E-state index contributed by atoms with van der Waals surface area (Å²) in [5, 5.41) is 11.7. The van der Waals surface area contributed by atoms with E-state index in [0.717, 1.165) is 0 Å². The SMILES string of the molecule is COc1ccc(NS(=O)(=O)c2cc(NC(=O)c3ccc(C#N)cc3)ccc2N2CCOCC2)cc1. The monoisotopic (exact) mass is 492 g/mol. The number of benzene rings is 3. The van der Waals surface area contributed by atoms with Crippen molar-refractivity contribution in [2.45, 2.75) is 4.90 Å². The van der Waals surface area contributed by atoms with Gasteiger partial charge in [-0.3, -0.25) is 9.52 Å². The van der Waals surface area contributed by atoms with Crippen molar-refractivity contribution in [1.82, 2.24) is 0 Å². The lowest BCUT2D eigenvalue weighted by Crippen LogP contribution is -2.37. The van der Waals surface area contributed by atoms with E-state index in [-0.39, 0.29) is 4.90 Å². The lowest BCUT2D eigenvalue weighted by molar-refractivity contribution is 0.102. The first-order valence-corrected chi connectivity index (χ1v) is 12.3. The average Bonchev–Trinajstić information content (AvgIpc) is 2.89. The Labute approximate surface area is 203 Å². The molecule has 0 radical (unpaired) electrons. The van der Waals surface area contributed by atoms with E-state index in [1.54, 1.807) is 60.7 Å². The van der Waals surface area contributed by atoms with Crippen molar-refractivity contribution in [2.24, 2.45) is 0 Å². The fourth-order valence-corrected chi connectivity index (χ4v) is 4.95. The third kappa shape index (κ3) is 5.71. The highest BCUT2D eigenvalue weighted by atomic mass is 32.2. The second kappa shape index (κ2) is 10.5. The van der Waals surface area contributed by atoms with Gasteiger partial charge >= 0.3 is 0 Å². The number of amides is 1. The molecule has 0 spiro atoms. The Morgan fingerprint density at radius 1 is 1.00 bits per heavy atom. The van der Waals surface area contributed by atoms with E-state index in [9.17, 15) is 13.2 Å². The fraction of sp³-hybridized carbons (Fsp3) is 0.200. The Bertz CT molecular complexity index is 1340. The Kier molecular flexibility index (Phi) is 7.19. The first kappa shape index (κ1) is 24.1. The number of nitriles is 1. The molecule has 1 saturated heterocycles. The van der Waals surface area contributed by atoms with Crippen LogP contribution in [0.5, 0.6) is 5.75 Å². The number of nitrogens with one attached hydrogen (secondary N) is 2. The molecule has 180 valence electrons. The molecule has 0 bridgehead atoms. The van der Waals surface area contributed by atoms with Crippen molar-refractivity contribution in [3.05, 3.63) is 77.9 Å². The minimum atomic E-state index is -4.01. The van der Waals surface area contributed by atoms with Gasteiger partial charge in [0, 0.05) is 30.0 Å². The molecule has 1 amide bonds. The number of rotatable bonds is 7. The van der Waals surface area contributed by atoms with Crippen LogP contribution in [0.1, 0.15) is 15.9 Å². The molecule has 35 heavy (non-hydrogen) atoms. The number of sulfonamides is 1. The molecule has 0 aromatic heterocycles. The molecule has 0 aliphatic carbocycles. The van der Waals surface area contributed by atoms with Crippen molar-refractivity contribution in [3.63, 3.8) is 0 Å². The summed E-state index contributed by atoms with van der Waals surface area (Å²) >= 11 is 0. The zero-order valence-corrected chi connectivity index (χ0v) is 19.8. The van der Waals surface area contributed by atoms with Crippen LogP contribution in [0.25, 0.3) is 0 Å². The molecule has 1 fully saturated rings. The van der Waals surface area contributed by atoms with Crippen LogP contribution >= 0.6 is 0 Å². The van der Waals surface area contributed by atoms with Crippen molar-refractivity contribution >= 4 is 33.0 Å². The smallest absolute Gasteiger partial charge is 0.264 e. The van der Waals surface area contributed by atoms with E-state index in [0.29, 0.717) is 60.2 Å². The summed E-state index contributed by atoms with van der Waals surface area (Å²) in [5.74, 6) is 0.189. The van der Waals surface area contributed by atoms with Crippen LogP contribution in [0, 0.1) is 11.3 Å². The van der Waals surface area contributed by atoms with Crippen LogP contribution in [0.3, 0.4) is 0 Å². The van der Waals surface area contributed by atoms with Crippen LogP contribution in [-0.4, -0.2) is 47.7 Å². The zero-order chi connectivity index (χ0) is 24.8. The first-order chi connectivity index (χ1) is 16.9. The molecule has 4 rings (SSSR count). The predicted molar refractivity (Wildman–Crippen MR) is 132 cm³/mol. The van der Waals surface area contributed by atoms with Crippen LogP contribution < -0.4 is 19.7 Å². The number of nitrogens with zero attached hydrogens (tertiary/aromatic N) is 2. The minimum absolute atomic E-state index is 0.0350. The molecule has 1 aliphatic heterocycles. The van der Waals surface area contributed by atoms with Crippen LogP contribution in [-0.2, 0) is 14.8 Å². The number of morpholine rings is 1. The maximum Gasteiger partial charge on any atom is 0.264 e. The minimum Gasteiger partial charge on any atom is -0.497 e. The highest BCUT2D eigenvalue weighted by Crippen LogP contribution is 2.31. The van der Waals surface area contributed by atoms with Crippen molar-refractivity contribution in [1.29, 1.82) is 5.26 Å². The molecule has 3 aromatic carbocycles. The van der Waals surface area contributed by atoms with Crippen molar-refractivity contribution in [3.8, 4) is 11.8 Å². The molecule has 0 atom stereocenters. The van der Waals surface area contributed by atoms with Gasteiger partial charge in [0.25, 0.3) is 15.9 Å².